The molecule has 2 aromatic rings. The maximum absolute atomic E-state index is 12.9. The molecular weight excluding hydrogens is 320 g/mol. The predicted molar refractivity (Wildman–Crippen MR) is 91.6 cm³/mol. The molecule has 25 heavy (non-hydrogen) atoms. The molecule has 1 amide bonds. The van der Waals surface area contributed by atoms with Gasteiger partial charge in [0, 0.05) is 19.5 Å². The first-order valence-corrected chi connectivity index (χ1v) is 8.46. The van der Waals surface area contributed by atoms with Crippen LogP contribution in [0.5, 0.6) is 0 Å². The quantitative estimate of drug-likeness (QED) is 0.764. The summed E-state index contributed by atoms with van der Waals surface area (Å²) in [5, 5.41) is 11.0. The Morgan fingerprint density at radius 3 is 2.80 bits per heavy atom. The zero-order valence-electron chi connectivity index (χ0n) is 14.7. The molecule has 8 heteroatoms. The van der Waals surface area contributed by atoms with Gasteiger partial charge in [-0.2, -0.15) is 0 Å². The minimum absolute atomic E-state index is 0.0527. The van der Waals surface area contributed by atoms with Crippen molar-refractivity contribution in [3.05, 3.63) is 42.2 Å². The Morgan fingerprint density at radius 1 is 1.32 bits per heavy atom. The summed E-state index contributed by atoms with van der Waals surface area (Å²) in [5.41, 5.74) is 1.10. The Morgan fingerprint density at radius 2 is 2.12 bits per heavy atom. The topological polar surface area (TPSA) is 76.4 Å². The molecule has 0 N–H and O–H groups in total. The fourth-order valence-electron chi connectivity index (χ4n) is 3.21. The average Bonchev–Trinajstić information content (AvgIpc) is 3.13. The number of rotatable bonds is 6. The number of hydrogen-bond acceptors (Lipinski definition) is 6. The van der Waals surface area contributed by atoms with Gasteiger partial charge in [-0.15, -0.1) is 5.10 Å². The minimum Gasteiger partial charge on any atom is -0.373 e. The van der Waals surface area contributed by atoms with Gasteiger partial charge in [0.2, 0.25) is 5.91 Å². The highest BCUT2D eigenvalue weighted by molar-refractivity contribution is 5.77. The summed E-state index contributed by atoms with van der Waals surface area (Å²) in [6.07, 6.45) is 1.84. The first-order chi connectivity index (χ1) is 12.1. The maximum Gasteiger partial charge on any atom is 0.225 e. The Hall–Kier alpha value is -2.32. The van der Waals surface area contributed by atoms with E-state index >= 15 is 0 Å². The molecule has 8 nitrogen and oxygen atoms in total. The molecule has 1 saturated heterocycles. The van der Waals surface area contributed by atoms with Crippen molar-refractivity contribution >= 4 is 5.91 Å². The number of ether oxygens (including phenoxy) is 1. The van der Waals surface area contributed by atoms with Gasteiger partial charge in [-0.05, 0) is 30.1 Å². The van der Waals surface area contributed by atoms with Gasteiger partial charge in [-0.3, -0.25) is 4.79 Å². The zero-order valence-corrected chi connectivity index (χ0v) is 14.7. The predicted octanol–water partition coefficient (Wildman–Crippen LogP) is 0.594. The molecule has 3 rings (SSSR count). The molecule has 1 aliphatic rings. The standard InChI is InChI=1S/C17H24N6O2/c1-21(2)12-15-17(14-6-4-3-5-7-14)23(10-11-25-15)16(24)8-9-22-13-18-19-20-22/h3-7,13,15,17H,8-12H2,1-2H3/t15-,17-/m0/s1. The van der Waals surface area contributed by atoms with Gasteiger partial charge in [0.15, 0.2) is 0 Å². The zero-order chi connectivity index (χ0) is 17.6. The van der Waals surface area contributed by atoms with Crippen molar-refractivity contribution in [1.82, 2.24) is 30.0 Å². The normalized spacial score (nSPS) is 20.8. The van der Waals surface area contributed by atoms with Gasteiger partial charge in [-0.1, -0.05) is 30.3 Å². The highest BCUT2D eigenvalue weighted by Gasteiger charge is 2.36. The molecule has 0 aliphatic carbocycles. The Labute approximate surface area is 147 Å². The van der Waals surface area contributed by atoms with Crippen molar-refractivity contribution in [1.29, 1.82) is 0 Å². The molecule has 2 atom stereocenters. The molecule has 1 aliphatic heterocycles. The van der Waals surface area contributed by atoms with Gasteiger partial charge in [0.25, 0.3) is 0 Å². The summed E-state index contributed by atoms with van der Waals surface area (Å²) in [7, 11) is 4.04. The fourth-order valence-corrected chi connectivity index (χ4v) is 3.21. The number of tetrazole rings is 1. The van der Waals surface area contributed by atoms with Gasteiger partial charge in [0.05, 0.1) is 25.3 Å². The monoisotopic (exact) mass is 344 g/mol. The number of morpholine rings is 1. The molecule has 0 saturated carbocycles. The molecule has 0 bridgehead atoms. The largest absolute Gasteiger partial charge is 0.373 e. The number of likely N-dealkylation sites (N-methyl/N-ethyl adjacent to an activating group) is 1. The van der Waals surface area contributed by atoms with E-state index in [0.717, 1.165) is 12.1 Å². The van der Waals surface area contributed by atoms with Crippen LogP contribution in [0, 0.1) is 0 Å². The number of carbonyl (C=O) groups excluding carboxylic acids is 1. The van der Waals surface area contributed by atoms with E-state index in [0.29, 0.717) is 26.1 Å². The molecule has 1 fully saturated rings. The molecule has 134 valence electrons. The summed E-state index contributed by atoms with van der Waals surface area (Å²) in [6, 6.07) is 10.0. The smallest absolute Gasteiger partial charge is 0.225 e. The van der Waals surface area contributed by atoms with Gasteiger partial charge in [-0.25, -0.2) is 4.68 Å². The number of hydrogen-bond donors (Lipinski definition) is 0. The van der Waals surface area contributed by atoms with Crippen LogP contribution < -0.4 is 0 Å². The molecule has 1 aromatic carbocycles. The van der Waals surface area contributed by atoms with Crippen LogP contribution in [0.2, 0.25) is 0 Å². The number of benzene rings is 1. The third kappa shape index (κ3) is 4.40. The lowest BCUT2D eigenvalue weighted by atomic mass is 9.97. The van der Waals surface area contributed by atoms with E-state index in [4.69, 9.17) is 4.74 Å². The first kappa shape index (κ1) is 17.5. The molecule has 0 radical (unpaired) electrons. The first-order valence-electron chi connectivity index (χ1n) is 8.46. The van der Waals surface area contributed by atoms with Crippen LogP contribution in [0.15, 0.2) is 36.7 Å². The summed E-state index contributed by atoms with van der Waals surface area (Å²) in [6.45, 7) is 2.38. The Bertz CT molecular complexity index is 661. The highest BCUT2D eigenvalue weighted by atomic mass is 16.5. The number of aromatic nitrogens is 4. The van der Waals surface area contributed by atoms with Gasteiger partial charge in [0.1, 0.15) is 6.33 Å². The number of amides is 1. The number of carbonyl (C=O) groups is 1. The lowest BCUT2D eigenvalue weighted by Crippen LogP contribution is -2.51. The lowest BCUT2D eigenvalue weighted by Gasteiger charge is -2.42. The van der Waals surface area contributed by atoms with Crippen LogP contribution in [0.3, 0.4) is 0 Å². The van der Waals surface area contributed by atoms with Gasteiger partial charge >= 0.3 is 0 Å². The van der Waals surface area contributed by atoms with Crippen LogP contribution in [0.4, 0.5) is 0 Å². The van der Waals surface area contributed by atoms with Crippen molar-refractivity contribution in [2.75, 3.05) is 33.8 Å². The SMILES string of the molecule is CN(C)C[C@@H]1OCCN(C(=O)CCn2cnnn2)[C@H]1c1ccccc1. The average molecular weight is 344 g/mol. The Balaban J connectivity index is 1.77. The van der Waals surface area contributed by atoms with Crippen molar-refractivity contribution < 1.29 is 9.53 Å². The van der Waals surface area contributed by atoms with E-state index in [1.807, 2.05) is 37.2 Å². The summed E-state index contributed by atoms with van der Waals surface area (Å²) >= 11 is 0. The third-order valence-electron chi connectivity index (χ3n) is 4.30. The molecule has 1 aromatic heterocycles. The van der Waals surface area contributed by atoms with Crippen LogP contribution in [-0.4, -0.2) is 75.8 Å². The number of aryl methyl sites for hydroxylation is 1. The van der Waals surface area contributed by atoms with E-state index in [2.05, 4.69) is 32.6 Å². The molecule has 0 spiro atoms. The van der Waals surface area contributed by atoms with E-state index < -0.39 is 0 Å². The molecular formula is C17H24N6O2. The Kier molecular flexibility index (Phi) is 5.72. The van der Waals surface area contributed by atoms with Crippen molar-refractivity contribution in [2.45, 2.75) is 25.1 Å². The second-order valence-corrected chi connectivity index (χ2v) is 6.44. The van der Waals surface area contributed by atoms with Crippen LogP contribution >= 0.6 is 0 Å². The summed E-state index contributed by atoms with van der Waals surface area (Å²) in [4.78, 5) is 16.9. The van der Waals surface area contributed by atoms with E-state index in [9.17, 15) is 4.79 Å². The van der Waals surface area contributed by atoms with E-state index in [1.165, 1.54) is 6.33 Å². The van der Waals surface area contributed by atoms with Crippen molar-refractivity contribution in [2.24, 2.45) is 0 Å². The second-order valence-electron chi connectivity index (χ2n) is 6.44. The van der Waals surface area contributed by atoms with Crippen LogP contribution in [0.1, 0.15) is 18.0 Å². The van der Waals surface area contributed by atoms with Crippen LogP contribution in [0.25, 0.3) is 0 Å². The van der Waals surface area contributed by atoms with E-state index in [1.54, 1.807) is 4.68 Å². The fraction of sp³-hybridized carbons (Fsp3) is 0.529. The maximum atomic E-state index is 12.9. The molecule has 0 unspecified atom stereocenters. The molecule has 2 heterocycles. The summed E-state index contributed by atoms with van der Waals surface area (Å²) < 4.78 is 7.59. The van der Waals surface area contributed by atoms with Crippen molar-refractivity contribution in [3.63, 3.8) is 0 Å². The lowest BCUT2D eigenvalue weighted by molar-refractivity contribution is -0.148. The van der Waals surface area contributed by atoms with Crippen molar-refractivity contribution in [3.8, 4) is 0 Å². The number of nitrogens with zero attached hydrogens (tertiary/aromatic N) is 6. The minimum atomic E-state index is -0.0845. The van der Waals surface area contributed by atoms with Crippen LogP contribution in [-0.2, 0) is 16.1 Å². The highest BCUT2D eigenvalue weighted by Crippen LogP contribution is 2.30. The third-order valence-corrected chi connectivity index (χ3v) is 4.30. The van der Waals surface area contributed by atoms with Gasteiger partial charge < -0.3 is 14.5 Å². The second kappa shape index (κ2) is 8.17. The van der Waals surface area contributed by atoms with E-state index in [-0.39, 0.29) is 18.1 Å². The summed E-state index contributed by atoms with van der Waals surface area (Å²) in [5.74, 6) is 0.0939.